The molecule has 0 saturated carbocycles. The highest BCUT2D eigenvalue weighted by Gasteiger charge is 2.35. The summed E-state index contributed by atoms with van der Waals surface area (Å²) < 4.78 is 8.22. The molecule has 0 spiro atoms. The van der Waals surface area contributed by atoms with Crippen LogP contribution < -0.4 is 4.74 Å². The standard InChI is InChI=1S/C32H27NO/c1-32(2)29-16-8-7-15-27(29)28-22-25(18-19-30(28)32)33-24(21-23-11-6-9-17-31(23)33)12-10-20-34-26-13-4-3-5-14-26/h3-19,21-22H,20H2,1-2H3/b12-10-. The minimum absolute atomic E-state index is 0.0146. The van der Waals surface area contributed by atoms with Crippen molar-refractivity contribution in [2.45, 2.75) is 19.3 Å². The molecular weight excluding hydrogens is 414 g/mol. The molecule has 34 heavy (non-hydrogen) atoms. The van der Waals surface area contributed by atoms with Crippen molar-refractivity contribution in [3.8, 4) is 22.6 Å². The molecule has 0 fully saturated rings. The molecule has 6 rings (SSSR count). The molecule has 2 nitrogen and oxygen atoms in total. The summed E-state index contributed by atoms with van der Waals surface area (Å²) in [5, 5.41) is 1.23. The average molecular weight is 442 g/mol. The summed E-state index contributed by atoms with van der Waals surface area (Å²) in [6, 6.07) is 36.5. The maximum absolute atomic E-state index is 5.87. The van der Waals surface area contributed by atoms with Gasteiger partial charge >= 0.3 is 0 Å². The number of benzene rings is 4. The summed E-state index contributed by atoms with van der Waals surface area (Å²) in [5.74, 6) is 0.882. The highest BCUT2D eigenvalue weighted by molar-refractivity contribution is 5.87. The van der Waals surface area contributed by atoms with E-state index in [-0.39, 0.29) is 5.41 Å². The molecule has 5 aromatic rings. The maximum Gasteiger partial charge on any atom is 0.119 e. The third-order valence-corrected chi connectivity index (χ3v) is 6.94. The quantitative estimate of drug-likeness (QED) is 0.269. The topological polar surface area (TPSA) is 14.2 Å². The van der Waals surface area contributed by atoms with Crippen molar-refractivity contribution in [2.24, 2.45) is 0 Å². The molecular formula is C32H27NO. The van der Waals surface area contributed by atoms with E-state index in [1.807, 2.05) is 30.3 Å². The van der Waals surface area contributed by atoms with Crippen LogP contribution in [0.5, 0.6) is 5.75 Å². The van der Waals surface area contributed by atoms with Crippen LogP contribution in [0.25, 0.3) is 33.8 Å². The Morgan fingerprint density at radius 1 is 0.735 bits per heavy atom. The summed E-state index contributed by atoms with van der Waals surface area (Å²) in [4.78, 5) is 0. The summed E-state index contributed by atoms with van der Waals surface area (Å²) in [7, 11) is 0. The van der Waals surface area contributed by atoms with E-state index in [4.69, 9.17) is 4.74 Å². The highest BCUT2D eigenvalue weighted by atomic mass is 16.5. The first-order chi connectivity index (χ1) is 16.6. The number of fused-ring (bicyclic) bond motifs is 4. The number of nitrogens with zero attached hydrogens (tertiary/aromatic N) is 1. The second kappa shape index (κ2) is 8.07. The lowest BCUT2D eigenvalue weighted by Gasteiger charge is -2.21. The van der Waals surface area contributed by atoms with E-state index in [9.17, 15) is 0 Å². The van der Waals surface area contributed by atoms with Crippen LogP contribution in [0.3, 0.4) is 0 Å². The van der Waals surface area contributed by atoms with E-state index in [1.165, 1.54) is 38.8 Å². The smallest absolute Gasteiger partial charge is 0.119 e. The predicted molar refractivity (Wildman–Crippen MR) is 142 cm³/mol. The van der Waals surface area contributed by atoms with Gasteiger partial charge < -0.3 is 9.30 Å². The van der Waals surface area contributed by atoms with E-state index in [0.29, 0.717) is 6.61 Å². The average Bonchev–Trinajstić information content (AvgIpc) is 3.35. The Labute approximate surface area is 200 Å². The summed E-state index contributed by atoms with van der Waals surface area (Å²) in [6.45, 7) is 5.17. The van der Waals surface area contributed by atoms with Crippen LogP contribution in [0.2, 0.25) is 0 Å². The number of aromatic nitrogens is 1. The molecule has 1 aliphatic rings. The third kappa shape index (κ3) is 3.34. The molecule has 0 radical (unpaired) electrons. The number of hydrogen-bond acceptors (Lipinski definition) is 1. The molecule has 0 bridgehead atoms. The largest absolute Gasteiger partial charge is 0.490 e. The first-order valence-corrected chi connectivity index (χ1v) is 11.8. The van der Waals surface area contributed by atoms with E-state index >= 15 is 0 Å². The van der Waals surface area contributed by atoms with Crippen molar-refractivity contribution in [3.05, 3.63) is 126 Å². The molecule has 2 heteroatoms. The Hall–Kier alpha value is -4.04. The first-order valence-electron chi connectivity index (χ1n) is 11.8. The van der Waals surface area contributed by atoms with Crippen molar-refractivity contribution in [2.75, 3.05) is 6.61 Å². The zero-order chi connectivity index (χ0) is 23.1. The lowest BCUT2D eigenvalue weighted by molar-refractivity contribution is 0.363. The fourth-order valence-electron chi connectivity index (χ4n) is 5.26. The van der Waals surface area contributed by atoms with E-state index in [0.717, 1.165) is 11.4 Å². The zero-order valence-electron chi connectivity index (χ0n) is 19.5. The molecule has 0 aliphatic heterocycles. The fourth-order valence-corrected chi connectivity index (χ4v) is 5.26. The van der Waals surface area contributed by atoms with Crippen LogP contribution in [0, 0.1) is 0 Å². The first kappa shape index (κ1) is 20.6. The van der Waals surface area contributed by atoms with Crippen molar-refractivity contribution < 1.29 is 4.74 Å². The molecule has 1 heterocycles. The summed E-state index contributed by atoms with van der Waals surface area (Å²) in [6.07, 6.45) is 4.25. The summed E-state index contributed by atoms with van der Waals surface area (Å²) in [5.41, 5.74) is 9.00. The normalized spacial score (nSPS) is 13.8. The lowest BCUT2D eigenvalue weighted by Crippen LogP contribution is -2.14. The lowest BCUT2D eigenvalue weighted by atomic mass is 9.82. The monoisotopic (exact) mass is 441 g/mol. The van der Waals surface area contributed by atoms with Crippen molar-refractivity contribution >= 4 is 17.0 Å². The molecule has 1 aromatic heterocycles. The highest BCUT2D eigenvalue weighted by Crippen LogP contribution is 2.49. The minimum Gasteiger partial charge on any atom is -0.490 e. The Kier molecular flexibility index (Phi) is 4.88. The second-order valence-electron chi connectivity index (χ2n) is 9.39. The van der Waals surface area contributed by atoms with E-state index in [1.54, 1.807) is 0 Å². The van der Waals surface area contributed by atoms with Crippen LogP contribution in [0.15, 0.2) is 109 Å². The Morgan fingerprint density at radius 3 is 2.35 bits per heavy atom. The zero-order valence-corrected chi connectivity index (χ0v) is 19.5. The van der Waals surface area contributed by atoms with Crippen LogP contribution in [0.4, 0.5) is 0 Å². The van der Waals surface area contributed by atoms with Gasteiger partial charge in [-0.15, -0.1) is 0 Å². The Bertz CT molecular complexity index is 1520. The number of rotatable bonds is 5. The van der Waals surface area contributed by atoms with Gasteiger partial charge in [0.1, 0.15) is 12.4 Å². The van der Waals surface area contributed by atoms with Gasteiger partial charge in [0.2, 0.25) is 0 Å². The van der Waals surface area contributed by atoms with Gasteiger partial charge in [-0.3, -0.25) is 0 Å². The fraction of sp³-hybridized carbons (Fsp3) is 0.125. The van der Waals surface area contributed by atoms with Gasteiger partial charge in [0.05, 0.1) is 5.52 Å². The SMILES string of the molecule is CC1(C)c2ccccc2-c2cc(-n3c(/C=C\COc4ccccc4)cc4ccccc43)ccc21. The Morgan fingerprint density at radius 2 is 1.47 bits per heavy atom. The molecule has 0 atom stereocenters. The van der Waals surface area contributed by atoms with Crippen LogP contribution in [-0.4, -0.2) is 11.2 Å². The molecule has 4 aromatic carbocycles. The molecule has 0 unspecified atom stereocenters. The van der Waals surface area contributed by atoms with Gasteiger partial charge in [-0.2, -0.15) is 0 Å². The van der Waals surface area contributed by atoms with Crippen molar-refractivity contribution in [1.82, 2.24) is 4.57 Å². The van der Waals surface area contributed by atoms with Gasteiger partial charge in [0.15, 0.2) is 0 Å². The van der Waals surface area contributed by atoms with Gasteiger partial charge in [-0.25, -0.2) is 0 Å². The molecule has 0 N–H and O–H groups in total. The van der Waals surface area contributed by atoms with Crippen LogP contribution in [0.1, 0.15) is 30.7 Å². The van der Waals surface area contributed by atoms with Crippen LogP contribution >= 0.6 is 0 Å². The van der Waals surface area contributed by atoms with Gasteiger partial charge in [0, 0.05) is 22.2 Å². The van der Waals surface area contributed by atoms with Gasteiger partial charge in [0.25, 0.3) is 0 Å². The maximum atomic E-state index is 5.87. The van der Waals surface area contributed by atoms with Crippen molar-refractivity contribution in [1.29, 1.82) is 0 Å². The van der Waals surface area contributed by atoms with E-state index in [2.05, 4.69) is 103 Å². The summed E-state index contributed by atoms with van der Waals surface area (Å²) >= 11 is 0. The predicted octanol–water partition coefficient (Wildman–Crippen LogP) is 8.03. The molecule has 0 amide bonds. The number of para-hydroxylation sites is 2. The third-order valence-electron chi connectivity index (χ3n) is 6.94. The van der Waals surface area contributed by atoms with Crippen molar-refractivity contribution in [3.63, 3.8) is 0 Å². The van der Waals surface area contributed by atoms with E-state index < -0.39 is 0 Å². The second-order valence-corrected chi connectivity index (χ2v) is 9.39. The molecule has 166 valence electrons. The molecule has 1 aliphatic carbocycles. The number of hydrogen-bond donors (Lipinski definition) is 0. The van der Waals surface area contributed by atoms with Gasteiger partial charge in [-0.05, 0) is 70.8 Å². The van der Waals surface area contributed by atoms with Gasteiger partial charge in [-0.1, -0.05) is 80.6 Å². The Balaban J connectivity index is 1.42. The van der Waals surface area contributed by atoms with Crippen LogP contribution in [-0.2, 0) is 5.41 Å². The minimum atomic E-state index is 0.0146. The number of ether oxygens (including phenoxy) is 1. The molecule has 0 saturated heterocycles.